The van der Waals surface area contributed by atoms with Gasteiger partial charge < -0.3 is 29.9 Å². The molecule has 0 aliphatic carbocycles. The third-order valence-corrected chi connectivity index (χ3v) is 5.70. The summed E-state index contributed by atoms with van der Waals surface area (Å²) in [6.45, 7) is 1.77. The van der Waals surface area contributed by atoms with E-state index in [1.165, 1.54) is 23.9 Å². The van der Waals surface area contributed by atoms with Gasteiger partial charge in [-0.3, -0.25) is 4.79 Å². The van der Waals surface area contributed by atoms with Crippen molar-refractivity contribution in [2.24, 2.45) is 0 Å². The van der Waals surface area contributed by atoms with Gasteiger partial charge in [0.15, 0.2) is 5.95 Å². The van der Waals surface area contributed by atoms with E-state index in [9.17, 15) is 19.8 Å². The van der Waals surface area contributed by atoms with Crippen LogP contribution in [0.15, 0.2) is 52.0 Å². The summed E-state index contributed by atoms with van der Waals surface area (Å²) in [5, 5.41) is 36.7. The lowest BCUT2D eigenvalue weighted by atomic mass is 10.1. The molecule has 0 spiro atoms. The quantitative estimate of drug-likeness (QED) is 0.269. The van der Waals surface area contributed by atoms with Crippen LogP contribution < -0.4 is 19.8 Å². The van der Waals surface area contributed by atoms with Gasteiger partial charge in [0.1, 0.15) is 17.1 Å². The Kier molecular flexibility index (Phi) is 6.65. The number of thioether (sulfide) groups is 1. The molecule has 0 bridgehead atoms. The van der Waals surface area contributed by atoms with E-state index in [0.29, 0.717) is 17.9 Å². The van der Waals surface area contributed by atoms with Crippen molar-refractivity contribution in [2.45, 2.75) is 23.6 Å². The van der Waals surface area contributed by atoms with Crippen LogP contribution in [0.5, 0.6) is 17.4 Å². The minimum Gasteiger partial charge on any atom is -0.538 e. The molecule has 1 heterocycles. The van der Waals surface area contributed by atoms with Crippen LogP contribution >= 0.6 is 11.8 Å². The average Bonchev–Trinajstić information content (AvgIpc) is 3.13. The maximum absolute atomic E-state index is 12.8. The molecule has 3 N–H and O–H groups in total. The highest BCUT2D eigenvalue weighted by atomic mass is 32.2. The topological polar surface area (TPSA) is 149 Å². The fourth-order valence-electron chi connectivity index (χ4n) is 2.69. The van der Waals surface area contributed by atoms with E-state index in [2.05, 4.69) is 10.6 Å². The van der Waals surface area contributed by atoms with Crippen LogP contribution in [0.2, 0.25) is 0 Å². The molecule has 2 aromatic carbocycles. The van der Waals surface area contributed by atoms with Crippen LogP contribution in [0.25, 0.3) is 5.69 Å². The molecular weight excluding hydrogens is 426 g/mol. The first-order chi connectivity index (χ1) is 14.8. The molecule has 10 nitrogen and oxygen atoms in total. The maximum atomic E-state index is 12.8. The van der Waals surface area contributed by atoms with E-state index in [0.717, 1.165) is 17.8 Å². The smallest absolute Gasteiger partial charge is 0.339 e. The first kappa shape index (κ1) is 22.0. The van der Waals surface area contributed by atoms with E-state index >= 15 is 0 Å². The predicted molar refractivity (Wildman–Crippen MR) is 108 cm³/mol. The van der Waals surface area contributed by atoms with E-state index < -0.39 is 28.8 Å². The molecule has 0 radical (unpaired) electrons. The second-order valence-electron chi connectivity index (χ2n) is 6.32. The highest BCUT2D eigenvalue weighted by molar-refractivity contribution is 8.00. The normalized spacial score (nSPS) is 11.7. The number of methoxy groups -OCH3 is 1. The summed E-state index contributed by atoms with van der Waals surface area (Å²) in [6.07, 6.45) is 0.369. The van der Waals surface area contributed by atoms with Gasteiger partial charge >= 0.3 is 5.97 Å². The number of carboxylic acid groups (broad SMARTS) is 1. The molecule has 3 rings (SSSR count). The Morgan fingerprint density at radius 1 is 1.29 bits per heavy atom. The second-order valence-corrected chi connectivity index (χ2v) is 7.51. The molecule has 1 amide bonds. The number of aromatic carboxylic acids is 1. The number of carboxylic acids is 1. The van der Waals surface area contributed by atoms with Crippen molar-refractivity contribution in [3.05, 3.63) is 48.0 Å². The molecule has 1 unspecified atom stereocenters. The molecule has 11 heteroatoms. The van der Waals surface area contributed by atoms with Crippen LogP contribution in [0.4, 0.5) is 5.69 Å². The molecule has 0 saturated carbocycles. The average molecular weight is 445 g/mol. The lowest BCUT2D eigenvalue weighted by Gasteiger charge is -2.13. The Labute approximate surface area is 181 Å². The molecule has 0 aliphatic rings. The van der Waals surface area contributed by atoms with Gasteiger partial charge in [-0.2, -0.15) is 0 Å². The molecule has 0 aliphatic heterocycles. The number of rotatable bonds is 8. The fraction of sp³-hybridized carbons (Fsp3) is 0.200. The number of ether oxygens (including phenoxy) is 1. The highest BCUT2D eigenvalue weighted by Gasteiger charge is 2.28. The molecular formula is C20H19N3O7S. The number of nitrogens with one attached hydrogen (secondary N) is 1. The van der Waals surface area contributed by atoms with Crippen LogP contribution in [0.3, 0.4) is 0 Å². The van der Waals surface area contributed by atoms with Gasteiger partial charge in [0.25, 0.3) is 5.03 Å². The Morgan fingerprint density at radius 2 is 2.00 bits per heavy atom. The van der Waals surface area contributed by atoms with E-state index in [-0.39, 0.29) is 16.3 Å². The number of anilines is 1. The zero-order valence-corrected chi connectivity index (χ0v) is 17.4. The van der Waals surface area contributed by atoms with Gasteiger partial charge in [-0.05, 0) is 53.2 Å². The molecule has 1 aromatic heterocycles. The first-order valence-corrected chi connectivity index (χ1v) is 9.99. The second kappa shape index (κ2) is 9.39. The summed E-state index contributed by atoms with van der Waals surface area (Å²) in [5.41, 5.74) is 0.417. The van der Waals surface area contributed by atoms with Crippen LogP contribution in [0.1, 0.15) is 23.7 Å². The van der Waals surface area contributed by atoms with Crippen LogP contribution in [-0.4, -0.2) is 39.7 Å². The Morgan fingerprint density at radius 3 is 2.61 bits per heavy atom. The maximum Gasteiger partial charge on any atom is 0.339 e. The summed E-state index contributed by atoms with van der Waals surface area (Å²) in [7, 11) is 1.53. The van der Waals surface area contributed by atoms with Crippen molar-refractivity contribution in [2.75, 3.05) is 12.4 Å². The number of benzene rings is 2. The van der Waals surface area contributed by atoms with Crippen LogP contribution in [0, 0.1) is 0 Å². The van der Waals surface area contributed by atoms with Crippen molar-refractivity contribution < 1.29 is 38.9 Å². The van der Waals surface area contributed by atoms with Crippen molar-refractivity contribution in [3.8, 4) is 23.1 Å². The SMILES string of the molecule is CCC(Sc1c([O-])on[n+]1-c1ccc(OC)cc1)C(=O)Nc1ccc(O)c(C(=O)O)c1. The Bertz CT molecular complexity index is 1100. The Balaban J connectivity index is 1.81. The largest absolute Gasteiger partial charge is 0.538 e. The number of amides is 1. The van der Waals surface area contributed by atoms with Gasteiger partial charge in [0, 0.05) is 17.8 Å². The zero-order chi connectivity index (χ0) is 22.5. The lowest BCUT2D eigenvalue weighted by Crippen LogP contribution is -2.36. The molecule has 3 aromatic rings. The van der Waals surface area contributed by atoms with Crippen molar-refractivity contribution in [1.82, 2.24) is 5.27 Å². The number of aromatic hydroxyl groups is 1. The van der Waals surface area contributed by atoms with Gasteiger partial charge in [-0.1, -0.05) is 6.92 Å². The zero-order valence-electron chi connectivity index (χ0n) is 16.6. The van der Waals surface area contributed by atoms with Crippen molar-refractivity contribution in [1.29, 1.82) is 0 Å². The summed E-state index contributed by atoms with van der Waals surface area (Å²) in [5.74, 6) is -2.24. The van der Waals surface area contributed by atoms with Gasteiger partial charge in [-0.25, -0.2) is 4.79 Å². The third-order valence-electron chi connectivity index (χ3n) is 4.30. The number of carbonyl (C=O) groups is 2. The Hall–Kier alpha value is -3.73. The number of carbonyl (C=O) groups excluding carboxylic acids is 1. The van der Waals surface area contributed by atoms with E-state index in [1.54, 1.807) is 31.2 Å². The van der Waals surface area contributed by atoms with Gasteiger partial charge in [0.2, 0.25) is 11.6 Å². The summed E-state index contributed by atoms with van der Waals surface area (Å²) in [4.78, 5) is 23.9. The molecule has 0 fully saturated rings. The number of phenols is 1. The van der Waals surface area contributed by atoms with E-state index in [4.69, 9.17) is 14.4 Å². The molecule has 31 heavy (non-hydrogen) atoms. The van der Waals surface area contributed by atoms with Crippen molar-refractivity contribution >= 4 is 29.3 Å². The number of aromatic nitrogens is 2. The summed E-state index contributed by atoms with van der Waals surface area (Å²) >= 11 is 0.980. The lowest BCUT2D eigenvalue weighted by molar-refractivity contribution is -0.705. The standard InChI is InChI=1S/C20H18N3O7S/c1-3-16(17(25)21-11-4-9-15(24)14(10-11)19(26)27)31-18-20(28)30-22-23(18)12-5-7-13(29-2)8-6-12/h4-10,16H,3H2,1-2H3,(H2,26,27,28)/q-1/p+1. The van der Waals surface area contributed by atoms with Gasteiger partial charge in [0.05, 0.1) is 17.6 Å². The molecule has 0 saturated heterocycles. The first-order valence-electron chi connectivity index (χ1n) is 9.11. The van der Waals surface area contributed by atoms with Crippen LogP contribution in [-0.2, 0) is 4.79 Å². The number of hydrogen-bond acceptors (Lipinski definition) is 8. The van der Waals surface area contributed by atoms with Gasteiger partial charge in [-0.15, -0.1) is 0 Å². The minimum absolute atomic E-state index is 0.115. The number of hydrogen-bond donors (Lipinski definition) is 3. The third kappa shape index (κ3) is 4.89. The molecule has 1 atom stereocenters. The fourth-order valence-corrected chi connectivity index (χ4v) is 3.67. The molecule has 162 valence electrons. The highest BCUT2D eigenvalue weighted by Crippen LogP contribution is 2.30. The monoisotopic (exact) mass is 445 g/mol. The minimum atomic E-state index is -1.32. The predicted octanol–water partition coefficient (Wildman–Crippen LogP) is 1.95. The summed E-state index contributed by atoms with van der Waals surface area (Å²) < 4.78 is 11.2. The van der Waals surface area contributed by atoms with E-state index in [1.807, 2.05) is 0 Å². The van der Waals surface area contributed by atoms with Crippen molar-refractivity contribution in [3.63, 3.8) is 0 Å². The summed E-state index contributed by atoms with van der Waals surface area (Å²) in [6, 6.07) is 10.5. The number of nitrogens with zero attached hydrogens (tertiary/aromatic N) is 2.